The fraction of sp³-hybridized carbons (Fsp3) is 0.467. The van der Waals surface area contributed by atoms with Crippen molar-refractivity contribution in [2.45, 2.75) is 18.2 Å². The third-order valence-corrected chi connectivity index (χ3v) is 5.59. The maximum Gasteiger partial charge on any atom is 0.251 e. The van der Waals surface area contributed by atoms with Crippen molar-refractivity contribution in [3.8, 4) is 0 Å². The molecule has 1 heterocycles. The second kappa shape index (κ2) is 7.56. The van der Waals surface area contributed by atoms with Gasteiger partial charge in [0.25, 0.3) is 5.91 Å². The maximum absolute atomic E-state index is 12.7. The van der Waals surface area contributed by atoms with Crippen LogP contribution in [-0.4, -0.2) is 62.7 Å². The van der Waals surface area contributed by atoms with Crippen LogP contribution in [0.4, 0.5) is 0 Å². The van der Waals surface area contributed by atoms with Crippen LogP contribution in [0.3, 0.4) is 0 Å². The summed E-state index contributed by atoms with van der Waals surface area (Å²) in [5.74, 6) is -0.283. The normalized spacial score (nSPS) is 16.1. The average Bonchev–Trinajstić information content (AvgIpc) is 2.59. The lowest BCUT2D eigenvalue weighted by Crippen LogP contribution is -2.48. The van der Waals surface area contributed by atoms with Crippen LogP contribution in [0.15, 0.2) is 29.2 Å². The summed E-state index contributed by atoms with van der Waals surface area (Å²) in [6, 6.07) is 6.04. The molecule has 23 heavy (non-hydrogen) atoms. The van der Waals surface area contributed by atoms with Crippen LogP contribution in [0, 0.1) is 0 Å². The number of nitrogens with zero attached hydrogens (tertiary/aromatic N) is 2. The van der Waals surface area contributed by atoms with Crippen molar-refractivity contribution in [3.05, 3.63) is 29.8 Å². The summed E-state index contributed by atoms with van der Waals surface area (Å²) >= 11 is 0. The van der Waals surface area contributed by atoms with Gasteiger partial charge in [-0.3, -0.25) is 9.59 Å². The van der Waals surface area contributed by atoms with Gasteiger partial charge >= 0.3 is 0 Å². The molecule has 0 atom stereocenters. The van der Waals surface area contributed by atoms with E-state index in [-0.39, 0.29) is 23.9 Å². The Balaban J connectivity index is 2.17. The highest BCUT2D eigenvalue weighted by molar-refractivity contribution is 7.89. The first-order valence-electron chi connectivity index (χ1n) is 7.56. The number of hydrogen-bond donors (Lipinski definition) is 1. The van der Waals surface area contributed by atoms with E-state index < -0.39 is 10.0 Å². The molecule has 0 unspecified atom stereocenters. The van der Waals surface area contributed by atoms with Crippen molar-refractivity contribution in [2.24, 2.45) is 0 Å². The number of sulfonamides is 1. The van der Waals surface area contributed by atoms with E-state index in [1.54, 1.807) is 17.0 Å². The van der Waals surface area contributed by atoms with Crippen molar-refractivity contribution < 1.29 is 18.0 Å². The third-order valence-electron chi connectivity index (χ3n) is 3.69. The van der Waals surface area contributed by atoms with E-state index in [2.05, 4.69) is 5.32 Å². The van der Waals surface area contributed by atoms with E-state index in [9.17, 15) is 18.0 Å². The molecule has 1 aliphatic heterocycles. The summed E-state index contributed by atoms with van der Waals surface area (Å²) in [7, 11) is -3.66. The van der Waals surface area contributed by atoms with Gasteiger partial charge in [-0.2, -0.15) is 4.31 Å². The number of carbonyl (C=O) groups is 2. The van der Waals surface area contributed by atoms with E-state index in [1.165, 1.54) is 16.4 Å². The van der Waals surface area contributed by atoms with Crippen molar-refractivity contribution in [1.82, 2.24) is 14.5 Å². The first kappa shape index (κ1) is 17.4. The molecule has 2 rings (SSSR count). The monoisotopic (exact) mass is 339 g/mol. The Kier molecular flexibility index (Phi) is 5.73. The summed E-state index contributed by atoms with van der Waals surface area (Å²) < 4.78 is 26.7. The Hall–Kier alpha value is -1.93. The van der Waals surface area contributed by atoms with Gasteiger partial charge in [-0.15, -0.1) is 0 Å². The zero-order valence-corrected chi connectivity index (χ0v) is 13.9. The van der Waals surface area contributed by atoms with Gasteiger partial charge in [0.1, 0.15) is 0 Å². The molecule has 126 valence electrons. The van der Waals surface area contributed by atoms with Crippen LogP contribution in [0.1, 0.15) is 23.7 Å². The number of piperazine rings is 1. The summed E-state index contributed by atoms with van der Waals surface area (Å²) in [6.07, 6.45) is 1.54. The summed E-state index contributed by atoms with van der Waals surface area (Å²) in [6.45, 7) is 3.75. The van der Waals surface area contributed by atoms with Gasteiger partial charge in [-0.1, -0.05) is 13.0 Å². The smallest absolute Gasteiger partial charge is 0.251 e. The van der Waals surface area contributed by atoms with Crippen molar-refractivity contribution in [1.29, 1.82) is 0 Å². The molecule has 1 saturated heterocycles. The van der Waals surface area contributed by atoms with E-state index in [1.807, 2.05) is 6.92 Å². The lowest BCUT2D eigenvalue weighted by atomic mass is 10.2. The first-order valence-corrected chi connectivity index (χ1v) is 9.01. The number of rotatable bonds is 6. The Morgan fingerprint density at radius 1 is 1.26 bits per heavy atom. The fourth-order valence-electron chi connectivity index (χ4n) is 2.34. The van der Waals surface area contributed by atoms with Crippen LogP contribution in [0.2, 0.25) is 0 Å². The molecule has 0 aromatic heterocycles. The number of nitrogens with one attached hydrogen (secondary N) is 1. The minimum atomic E-state index is -3.66. The fourth-order valence-corrected chi connectivity index (χ4v) is 3.81. The molecule has 1 aromatic rings. The largest absolute Gasteiger partial charge is 0.352 e. The van der Waals surface area contributed by atoms with Gasteiger partial charge in [0.15, 0.2) is 0 Å². The Bertz CT molecular complexity index is 667. The molecular formula is C15H21N3O4S. The summed E-state index contributed by atoms with van der Waals surface area (Å²) in [4.78, 5) is 24.3. The van der Waals surface area contributed by atoms with Crippen LogP contribution in [-0.2, 0) is 14.8 Å². The second-order valence-corrected chi connectivity index (χ2v) is 7.27. The molecule has 1 fully saturated rings. The molecule has 1 aliphatic rings. The maximum atomic E-state index is 12.7. The molecule has 1 N–H and O–H groups in total. The van der Waals surface area contributed by atoms with Gasteiger partial charge in [0.05, 0.1) is 4.90 Å². The average molecular weight is 339 g/mol. The molecule has 2 amide bonds. The van der Waals surface area contributed by atoms with Crippen molar-refractivity contribution >= 4 is 22.3 Å². The highest BCUT2D eigenvalue weighted by Crippen LogP contribution is 2.18. The van der Waals surface area contributed by atoms with E-state index >= 15 is 0 Å². The molecule has 0 saturated carbocycles. The van der Waals surface area contributed by atoms with Crippen molar-refractivity contribution in [3.63, 3.8) is 0 Å². The predicted molar refractivity (Wildman–Crippen MR) is 85.5 cm³/mol. The SMILES string of the molecule is CCCNC(=O)c1cccc(S(=O)(=O)N2CCN(C=O)CC2)c1. The molecule has 0 aliphatic carbocycles. The molecule has 0 radical (unpaired) electrons. The molecule has 7 nitrogen and oxygen atoms in total. The summed E-state index contributed by atoms with van der Waals surface area (Å²) in [5.41, 5.74) is 0.325. The van der Waals surface area contributed by atoms with Gasteiger partial charge in [-0.05, 0) is 24.6 Å². The minimum Gasteiger partial charge on any atom is -0.352 e. The highest BCUT2D eigenvalue weighted by atomic mass is 32.2. The zero-order chi connectivity index (χ0) is 16.9. The van der Waals surface area contributed by atoms with Gasteiger partial charge in [-0.25, -0.2) is 8.42 Å². The summed E-state index contributed by atoms with van der Waals surface area (Å²) in [5, 5.41) is 2.73. The zero-order valence-electron chi connectivity index (χ0n) is 13.1. The minimum absolute atomic E-state index is 0.0983. The Morgan fingerprint density at radius 3 is 2.57 bits per heavy atom. The number of hydrogen-bond acceptors (Lipinski definition) is 4. The van der Waals surface area contributed by atoms with Crippen LogP contribution >= 0.6 is 0 Å². The number of benzene rings is 1. The first-order chi connectivity index (χ1) is 11.0. The molecule has 1 aromatic carbocycles. The number of amides is 2. The lowest BCUT2D eigenvalue weighted by molar-refractivity contribution is -0.119. The number of carbonyl (C=O) groups excluding carboxylic acids is 2. The standard InChI is InChI=1S/C15H21N3O4S/c1-2-6-16-15(20)13-4-3-5-14(11-13)23(21,22)18-9-7-17(12-19)8-10-18/h3-5,11-12H,2,6-10H2,1H3,(H,16,20). The lowest BCUT2D eigenvalue weighted by Gasteiger charge is -2.31. The second-order valence-electron chi connectivity index (χ2n) is 5.33. The topological polar surface area (TPSA) is 86.8 Å². The van der Waals surface area contributed by atoms with Crippen molar-refractivity contribution in [2.75, 3.05) is 32.7 Å². The molecule has 0 spiro atoms. The van der Waals surface area contributed by atoms with Crippen LogP contribution in [0.5, 0.6) is 0 Å². The van der Waals surface area contributed by atoms with E-state index in [0.717, 1.165) is 12.8 Å². The Morgan fingerprint density at radius 2 is 1.96 bits per heavy atom. The van der Waals surface area contributed by atoms with Gasteiger partial charge < -0.3 is 10.2 Å². The molecule has 8 heteroatoms. The van der Waals surface area contributed by atoms with E-state index in [4.69, 9.17) is 0 Å². The quantitative estimate of drug-likeness (QED) is 0.755. The van der Waals surface area contributed by atoms with E-state index in [0.29, 0.717) is 25.2 Å². The Labute approximate surface area is 136 Å². The van der Waals surface area contributed by atoms with Gasteiger partial charge in [0.2, 0.25) is 16.4 Å². The predicted octanol–water partition coefficient (Wildman–Crippen LogP) is 0.289. The highest BCUT2D eigenvalue weighted by Gasteiger charge is 2.28. The van der Waals surface area contributed by atoms with Crippen LogP contribution < -0.4 is 5.32 Å². The molecular weight excluding hydrogens is 318 g/mol. The molecule has 0 bridgehead atoms. The third kappa shape index (κ3) is 4.08. The van der Waals surface area contributed by atoms with Crippen LogP contribution in [0.25, 0.3) is 0 Å². The van der Waals surface area contributed by atoms with Gasteiger partial charge in [0, 0.05) is 38.3 Å².